The average Bonchev–Trinajstić information content (AvgIpc) is 2.72. The molecule has 104 valence electrons. The SMILES string of the molecule is Cc1nc2c(s1)C(=O)N(C1CCCCCCC1)CC2. The summed E-state index contributed by atoms with van der Waals surface area (Å²) in [5.41, 5.74) is 1.04. The molecule has 0 bridgehead atoms. The summed E-state index contributed by atoms with van der Waals surface area (Å²) in [4.78, 5) is 20.2. The van der Waals surface area contributed by atoms with Gasteiger partial charge in [-0.3, -0.25) is 4.79 Å². The number of rotatable bonds is 1. The summed E-state index contributed by atoms with van der Waals surface area (Å²) in [5.74, 6) is 0.248. The highest BCUT2D eigenvalue weighted by Crippen LogP contribution is 2.29. The molecule has 0 aromatic carbocycles. The molecule has 0 spiro atoms. The summed E-state index contributed by atoms with van der Waals surface area (Å²) in [5, 5.41) is 1.03. The van der Waals surface area contributed by atoms with E-state index >= 15 is 0 Å². The molecule has 1 saturated carbocycles. The van der Waals surface area contributed by atoms with E-state index in [4.69, 9.17) is 0 Å². The van der Waals surface area contributed by atoms with Crippen LogP contribution in [0.1, 0.15) is 65.3 Å². The molecule has 1 aliphatic heterocycles. The van der Waals surface area contributed by atoms with Crippen LogP contribution in [-0.4, -0.2) is 28.4 Å². The summed E-state index contributed by atoms with van der Waals surface area (Å²) in [6.07, 6.45) is 9.94. The Bertz CT molecular complexity index is 461. The minimum Gasteiger partial charge on any atom is -0.335 e. The first-order chi connectivity index (χ1) is 9.25. The molecule has 1 aromatic rings. The summed E-state index contributed by atoms with van der Waals surface area (Å²) in [7, 11) is 0. The van der Waals surface area contributed by atoms with Gasteiger partial charge in [0, 0.05) is 19.0 Å². The molecule has 3 nitrogen and oxygen atoms in total. The molecule has 0 saturated heterocycles. The minimum atomic E-state index is 0.248. The molecule has 0 unspecified atom stereocenters. The topological polar surface area (TPSA) is 33.2 Å². The van der Waals surface area contributed by atoms with Crippen molar-refractivity contribution in [3.05, 3.63) is 15.6 Å². The van der Waals surface area contributed by atoms with Crippen molar-refractivity contribution >= 4 is 17.2 Å². The Labute approximate surface area is 119 Å². The van der Waals surface area contributed by atoms with E-state index in [1.54, 1.807) is 11.3 Å². The van der Waals surface area contributed by atoms with Crippen LogP contribution in [0.4, 0.5) is 0 Å². The second-order valence-electron chi connectivity index (χ2n) is 5.76. The first kappa shape index (κ1) is 13.1. The van der Waals surface area contributed by atoms with E-state index in [-0.39, 0.29) is 5.91 Å². The smallest absolute Gasteiger partial charge is 0.266 e. The van der Waals surface area contributed by atoms with Crippen molar-refractivity contribution in [3.63, 3.8) is 0 Å². The van der Waals surface area contributed by atoms with E-state index in [9.17, 15) is 4.79 Å². The number of fused-ring (bicyclic) bond motifs is 1. The molecule has 1 aromatic heterocycles. The van der Waals surface area contributed by atoms with Gasteiger partial charge in [-0.2, -0.15) is 0 Å². The van der Waals surface area contributed by atoms with Gasteiger partial charge in [0.1, 0.15) is 4.88 Å². The molecule has 4 heteroatoms. The van der Waals surface area contributed by atoms with Crippen LogP contribution in [0.25, 0.3) is 0 Å². The van der Waals surface area contributed by atoms with Gasteiger partial charge in [0.2, 0.25) is 0 Å². The fraction of sp³-hybridized carbons (Fsp3) is 0.733. The van der Waals surface area contributed by atoms with E-state index in [0.29, 0.717) is 6.04 Å². The van der Waals surface area contributed by atoms with Crippen LogP contribution in [0.5, 0.6) is 0 Å². The fourth-order valence-corrected chi connectivity index (χ4v) is 4.28. The third kappa shape index (κ3) is 2.69. The summed E-state index contributed by atoms with van der Waals surface area (Å²) < 4.78 is 0. The third-order valence-corrected chi connectivity index (χ3v) is 5.37. The number of hydrogen-bond acceptors (Lipinski definition) is 3. The molecule has 0 N–H and O–H groups in total. The molecular weight excluding hydrogens is 256 g/mol. The highest BCUT2D eigenvalue weighted by atomic mass is 32.1. The number of carbonyl (C=O) groups excluding carboxylic acids is 1. The molecule has 1 fully saturated rings. The van der Waals surface area contributed by atoms with Gasteiger partial charge in [0.25, 0.3) is 5.91 Å². The van der Waals surface area contributed by atoms with E-state index in [2.05, 4.69) is 9.88 Å². The second-order valence-corrected chi connectivity index (χ2v) is 6.96. The average molecular weight is 278 g/mol. The summed E-state index contributed by atoms with van der Waals surface area (Å²) >= 11 is 1.57. The fourth-order valence-electron chi connectivity index (χ4n) is 3.36. The monoisotopic (exact) mass is 278 g/mol. The van der Waals surface area contributed by atoms with Crippen molar-refractivity contribution in [2.24, 2.45) is 0 Å². The van der Waals surface area contributed by atoms with Gasteiger partial charge in [-0.25, -0.2) is 4.98 Å². The van der Waals surface area contributed by atoms with Gasteiger partial charge in [-0.05, 0) is 19.8 Å². The van der Waals surface area contributed by atoms with Crippen LogP contribution in [0, 0.1) is 6.92 Å². The molecule has 0 radical (unpaired) electrons. The number of thiazole rings is 1. The van der Waals surface area contributed by atoms with Gasteiger partial charge in [-0.15, -0.1) is 11.3 Å². The van der Waals surface area contributed by atoms with Crippen molar-refractivity contribution in [1.82, 2.24) is 9.88 Å². The Hall–Kier alpha value is -0.900. The Morgan fingerprint density at radius 3 is 2.58 bits per heavy atom. The molecule has 1 aliphatic carbocycles. The highest BCUT2D eigenvalue weighted by Gasteiger charge is 2.32. The first-order valence-electron chi connectivity index (χ1n) is 7.53. The molecule has 2 heterocycles. The van der Waals surface area contributed by atoms with Gasteiger partial charge >= 0.3 is 0 Å². The molecule has 0 atom stereocenters. The minimum absolute atomic E-state index is 0.248. The Kier molecular flexibility index (Phi) is 3.87. The van der Waals surface area contributed by atoms with Crippen LogP contribution in [-0.2, 0) is 6.42 Å². The highest BCUT2D eigenvalue weighted by molar-refractivity contribution is 7.13. The van der Waals surface area contributed by atoms with Crippen LogP contribution >= 0.6 is 11.3 Å². The second kappa shape index (κ2) is 5.61. The number of nitrogens with zero attached hydrogens (tertiary/aromatic N) is 2. The maximum Gasteiger partial charge on any atom is 0.266 e. The van der Waals surface area contributed by atoms with Crippen LogP contribution in [0.2, 0.25) is 0 Å². The molecule has 2 aliphatic rings. The van der Waals surface area contributed by atoms with Crippen LogP contribution in [0.3, 0.4) is 0 Å². The predicted octanol–water partition coefficient (Wildman–Crippen LogP) is 3.56. The van der Waals surface area contributed by atoms with E-state index < -0.39 is 0 Å². The van der Waals surface area contributed by atoms with E-state index in [1.165, 1.54) is 44.9 Å². The number of amides is 1. The lowest BCUT2D eigenvalue weighted by Crippen LogP contribution is -2.44. The number of carbonyl (C=O) groups is 1. The molecule has 19 heavy (non-hydrogen) atoms. The van der Waals surface area contributed by atoms with Gasteiger partial charge in [0.15, 0.2) is 0 Å². The van der Waals surface area contributed by atoms with Crippen LogP contribution < -0.4 is 0 Å². The lowest BCUT2D eigenvalue weighted by molar-refractivity contribution is 0.0632. The van der Waals surface area contributed by atoms with Crippen LogP contribution in [0.15, 0.2) is 0 Å². The first-order valence-corrected chi connectivity index (χ1v) is 8.34. The van der Waals surface area contributed by atoms with Crippen molar-refractivity contribution < 1.29 is 4.79 Å². The van der Waals surface area contributed by atoms with E-state index in [0.717, 1.165) is 28.5 Å². The maximum atomic E-state index is 12.6. The zero-order valence-corrected chi connectivity index (χ0v) is 12.5. The Morgan fingerprint density at radius 1 is 1.16 bits per heavy atom. The predicted molar refractivity (Wildman–Crippen MR) is 77.7 cm³/mol. The molecule has 1 amide bonds. The number of aryl methyl sites for hydroxylation is 1. The molecular formula is C15H22N2OS. The molecule has 3 rings (SSSR count). The van der Waals surface area contributed by atoms with Gasteiger partial charge in [0.05, 0.1) is 10.7 Å². The summed E-state index contributed by atoms with van der Waals surface area (Å²) in [6.45, 7) is 2.87. The number of aromatic nitrogens is 1. The largest absolute Gasteiger partial charge is 0.335 e. The van der Waals surface area contributed by atoms with Crippen molar-refractivity contribution in [3.8, 4) is 0 Å². The van der Waals surface area contributed by atoms with Gasteiger partial charge < -0.3 is 4.90 Å². The summed E-state index contributed by atoms with van der Waals surface area (Å²) in [6, 6.07) is 0.475. The lowest BCUT2D eigenvalue weighted by Gasteiger charge is -2.35. The normalized spacial score (nSPS) is 21.9. The van der Waals surface area contributed by atoms with Crippen molar-refractivity contribution in [1.29, 1.82) is 0 Å². The van der Waals surface area contributed by atoms with Gasteiger partial charge in [-0.1, -0.05) is 32.1 Å². The standard InChI is InChI=1S/C15H22N2OS/c1-11-16-13-9-10-17(15(18)14(13)19-11)12-7-5-3-2-4-6-8-12/h12H,2-10H2,1H3. The number of hydrogen-bond donors (Lipinski definition) is 0. The zero-order valence-electron chi connectivity index (χ0n) is 11.7. The maximum absolute atomic E-state index is 12.6. The third-order valence-electron chi connectivity index (χ3n) is 4.36. The van der Waals surface area contributed by atoms with Crippen molar-refractivity contribution in [2.75, 3.05) is 6.54 Å². The lowest BCUT2D eigenvalue weighted by atomic mass is 9.94. The zero-order chi connectivity index (χ0) is 13.2. The van der Waals surface area contributed by atoms with E-state index in [1.807, 2.05) is 6.92 Å². The Morgan fingerprint density at radius 2 is 1.84 bits per heavy atom. The quantitative estimate of drug-likeness (QED) is 0.787. The Balaban J connectivity index is 1.76. The van der Waals surface area contributed by atoms with Crippen molar-refractivity contribution in [2.45, 2.75) is 64.3 Å².